The molecule has 3 N–H and O–H groups in total. The summed E-state index contributed by atoms with van der Waals surface area (Å²) >= 11 is 0. The zero-order valence-corrected chi connectivity index (χ0v) is 49.8. The Hall–Kier alpha value is -1.02. The zero-order chi connectivity index (χ0) is 52.7. The van der Waals surface area contributed by atoms with Crippen LogP contribution in [0.2, 0.25) is 0 Å². The lowest BCUT2D eigenvalue weighted by Crippen LogP contribution is -2.45. The molecule has 0 aliphatic carbocycles. The first-order chi connectivity index (χ1) is 35.0. The number of phosphoric ester groups is 1. The highest BCUT2D eigenvalue weighted by Gasteiger charge is 2.27. The Labute approximate surface area is 449 Å². The molecule has 0 rings (SSSR count). The van der Waals surface area contributed by atoms with E-state index in [-0.39, 0.29) is 19.1 Å². The summed E-state index contributed by atoms with van der Waals surface area (Å²) in [6.45, 7) is 4.85. The number of allylic oxidation sites excluding steroid dienone is 3. The standard InChI is InChI=1S/C63H125N2O6P/c1-6-8-10-12-14-16-18-20-22-24-26-28-29-30-31-32-33-34-35-36-37-39-41-43-45-47-49-51-53-55-57-63(67)64-61(60-71-72(68,69)70-59-58-65(3,4)5)62(66)56-54-52-50-48-46-44-42-40-38-27-25-23-21-19-17-15-13-11-9-7-2/h46,48,54,56,61-62,66H,6-45,47,49-53,55,57-60H2,1-5H3,(H-,64,67,68,69)/p+1/b48-46+,56-54+. The van der Waals surface area contributed by atoms with Crippen molar-refractivity contribution in [2.45, 2.75) is 334 Å². The summed E-state index contributed by atoms with van der Waals surface area (Å²) in [5.74, 6) is -0.179. The van der Waals surface area contributed by atoms with E-state index in [1.165, 1.54) is 263 Å². The van der Waals surface area contributed by atoms with E-state index in [1.54, 1.807) is 6.08 Å². The molecule has 0 heterocycles. The quantitative estimate of drug-likeness (QED) is 0.0243. The van der Waals surface area contributed by atoms with Crippen LogP contribution in [0, 0.1) is 0 Å². The second-order valence-corrected chi connectivity index (χ2v) is 24.6. The van der Waals surface area contributed by atoms with Crippen LogP contribution in [0.25, 0.3) is 0 Å². The molecule has 8 nitrogen and oxygen atoms in total. The van der Waals surface area contributed by atoms with Crippen molar-refractivity contribution in [1.29, 1.82) is 0 Å². The molecule has 0 aliphatic heterocycles. The third-order valence-corrected chi connectivity index (χ3v) is 15.7. The van der Waals surface area contributed by atoms with Crippen LogP contribution in [0.5, 0.6) is 0 Å². The number of nitrogens with one attached hydrogen (secondary N) is 1. The second-order valence-electron chi connectivity index (χ2n) is 23.1. The molecule has 0 bridgehead atoms. The van der Waals surface area contributed by atoms with Crippen LogP contribution in [-0.2, 0) is 18.4 Å². The average Bonchev–Trinajstić information content (AvgIpc) is 3.34. The zero-order valence-electron chi connectivity index (χ0n) is 48.9. The van der Waals surface area contributed by atoms with Crippen molar-refractivity contribution in [2.75, 3.05) is 40.9 Å². The molecule has 0 aromatic carbocycles. The molecular formula is C63H126N2O6P+. The number of carbonyl (C=O) groups is 1. The van der Waals surface area contributed by atoms with E-state index in [9.17, 15) is 19.4 Å². The molecule has 3 atom stereocenters. The number of unbranched alkanes of at least 4 members (excludes halogenated alkanes) is 44. The van der Waals surface area contributed by atoms with E-state index in [4.69, 9.17) is 9.05 Å². The van der Waals surface area contributed by atoms with E-state index >= 15 is 0 Å². The maximum atomic E-state index is 13.0. The van der Waals surface area contributed by atoms with Crippen LogP contribution in [-0.4, -0.2) is 73.4 Å². The largest absolute Gasteiger partial charge is 0.472 e. The van der Waals surface area contributed by atoms with Gasteiger partial charge in [-0.2, -0.15) is 0 Å². The highest BCUT2D eigenvalue weighted by Crippen LogP contribution is 2.43. The molecule has 0 fully saturated rings. The molecule has 0 radical (unpaired) electrons. The fourth-order valence-electron chi connectivity index (χ4n) is 9.71. The Morgan fingerprint density at radius 2 is 0.764 bits per heavy atom. The lowest BCUT2D eigenvalue weighted by atomic mass is 10.0. The van der Waals surface area contributed by atoms with E-state index < -0.39 is 20.0 Å². The number of likely N-dealkylation sites (N-methyl/N-ethyl adjacent to an activating group) is 1. The molecule has 1 amide bonds. The third-order valence-electron chi connectivity index (χ3n) is 14.7. The van der Waals surface area contributed by atoms with Crippen molar-refractivity contribution < 1.29 is 32.9 Å². The maximum Gasteiger partial charge on any atom is 0.472 e. The fourth-order valence-corrected chi connectivity index (χ4v) is 10.4. The predicted molar refractivity (Wildman–Crippen MR) is 314 cm³/mol. The molecule has 0 aliphatic rings. The van der Waals surface area contributed by atoms with Crippen LogP contribution < -0.4 is 5.32 Å². The summed E-state index contributed by atoms with van der Waals surface area (Å²) in [7, 11) is 1.57. The molecule has 72 heavy (non-hydrogen) atoms. The fraction of sp³-hybridized carbons (Fsp3) is 0.921. The summed E-state index contributed by atoms with van der Waals surface area (Å²) in [6, 6.07) is -0.861. The first-order valence-corrected chi connectivity index (χ1v) is 33.2. The predicted octanol–water partition coefficient (Wildman–Crippen LogP) is 19.5. The topological polar surface area (TPSA) is 105 Å². The van der Waals surface area contributed by atoms with Crippen LogP contribution in [0.15, 0.2) is 24.3 Å². The highest BCUT2D eigenvalue weighted by atomic mass is 31.2. The van der Waals surface area contributed by atoms with Crippen molar-refractivity contribution in [3.8, 4) is 0 Å². The number of aliphatic hydroxyl groups is 1. The maximum absolute atomic E-state index is 13.0. The van der Waals surface area contributed by atoms with Crippen LogP contribution in [0.3, 0.4) is 0 Å². The highest BCUT2D eigenvalue weighted by molar-refractivity contribution is 7.47. The van der Waals surface area contributed by atoms with Crippen LogP contribution in [0.4, 0.5) is 0 Å². The number of phosphoric acid groups is 1. The number of hydrogen-bond donors (Lipinski definition) is 3. The Kier molecular flexibility index (Phi) is 54.0. The minimum Gasteiger partial charge on any atom is -0.387 e. The van der Waals surface area contributed by atoms with E-state index in [0.717, 1.165) is 38.5 Å². The van der Waals surface area contributed by atoms with Gasteiger partial charge in [-0.25, -0.2) is 4.57 Å². The molecular weight excluding hydrogens is 912 g/mol. The smallest absolute Gasteiger partial charge is 0.387 e. The number of nitrogens with zero attached hydrogens (tertiary/aromatic N) is 1. The molecule has 0 saturated heterocycles. The first-order valence-electron chi connectivity index (χ1n) is 31.7. The summed E-state index contributed by atoms with van der Waals surface area (Å²) in [4.78, 5) is 23.3. The van der Waals surface area contributed by atoms with Crippen molar-refractivity contribution in [1.82, 2.24) is 5.32 Å². The van der Waals surface area contributed by atoms with Gasteiger partial charge in [0, 0.05) is 6.42 Å². The average molecular weight is 1040 g/mol. The van der Waals surface area contributed by atoms with Crippen LogP contribution >= 0.6 is 7.82 Å². The van der Waals surface area contributed by atoms with Gasteiger partial charge < -0.3 is 19.8 Å². The Morgan fingerprint density at radius 1 is 0.458 bits per heavy atom. The SMILES string of the molecule is CCCCCCCCCCCCCCCC/C=C/CC/C=C/C(O)C(COP(=O)(O)OCC[N+](C)(C)C)NC(=O)CCCCCCCCCCCCCCCCCCCCCCCCCCCCCCCC. The summed E-state index contributed by atoms with van der Waals surface area (Å²) in [5, 5.41) is 13.9. The van der Waals surface area contributed by atoms with Gasteiger partial charge in [0.05, 0.1) is 39.9 Å². The van der Waals surface area contributed by atoms with Gasteiger partial charge in [-0.05, 0) is 32.1 Å². The molecule has 428 valence electrons. The van der Waals surface area contributed by atoms with Gasteiger partial charge in [0.25, 0.3) is 0 Å². The Morgan fingerprint density at radius 3 is 1.11 bits per heavy atom. The van der Waals surface area contributed by atoms with Gasteiger partial charge in [0.1, 0.15) is 13.2 Å². The minimum atomic E-state index is -4.35. The van der Waals surface area contributed by atoms with Gasteiger partial charge in [0.2, 0.25) is 5.91 Å². The van der Waals surface area contributed by atoms with E-state index in [1.807, 2.05) is 27.2 Å². The van der Waals surface area contributed by atoms with Gasteiger partial charge in [0.15, 0.2) is 0 Å². The normalized spacial score (nSPS) is 13.9. The molecule has 0 spiro atoms. The number of rotatable bonds is 59. The monoisotopic (exact) mass is 1040 g/mol. The number of quaternary nitrogens is 1. The number of amides is 1. The van der Waals surface area contributed by atoms with E-state index in [0.29, 0.717) is 17.4 Å². The third kappa shape index (κ3) is 56.7. The first kappa shape index (κ1) is 71.0. The van der Waals surface area contributed by atoms with Crippen LogP contribution in [0.1, 0.15) is 322 Å². The van der Waals surface area contributed by atoms with Gasteiger partial charge >= 0.3 is 7.82 Å². The van der Waals surface area contributed by atoms with Crippen molar-refractivity contribution in [3.05, 3.63) is 24.3 Å². The number of hydrogen-bond acceptors (Lipinski definition) is 5. The van der Waals surface area contributed by atoms with Gasteiger partial charge in [-0.1, -0.05) is 308 Å². The summed E-state index contributed by atoms with van der Waals surface area (Å²) in [5.41, 5.74) is 0. The molecule has 9 heteroatoms. The second kappa shape index (κ2) is 54.8. The van der Waals surface area contributed by atoms with Crippen molar-refractivity contribution in [3.63, 3.8) is 0 Å². The van der Waals surface area contributed by atoms with Crippen molar-refractivity contribution in [2.24, 2.45) is 0 Å². The molecule has 0 saturated carbocycles. The van der Waals surface area contributed by atoms with Gasteiger partial charge in [-0.15, -0.1) is 0 Å². The van der Waals surface area contributed by atoms with E-state index in [2.05, 4.69) is 31.3 Å². The van der Waals surface area contributed by atoms with Crippen molar-refractivity contribution >= 4 is 13.7 Å². The Balaban J connectivity index is 4.09. The molecule has 3 unspecified atom stereocenters. The number of carbonyl (C=O) groups excluding carboxylic acids is 1. The lowest BCUT2D eigenvalue weighted by molar-refractivity contribution is -0.870. The number of aliphatic hydroxyl groups excluding tert-OH is 1. The molecule has 0 aromatic heterocycles. The summed E-state index contributed by atoms with van der Waals surface area (Å²) in [6.07, 6.45) is 70.2. The summed E-state index contributed by atoms with van der Waals surface area (Å²) < 4.78 is 23.7. The lowest BCUT2D eigenvalue weighted by Gasteiger charge is -2.25. The molecule has 0 aromatic rings. The minimum absolute atomic E-state index is 0.0589. The van der Waals surface area contributed by atoms with Gasteiger partial charge in [-0.3, -0.25) is 13.8 Å². The Bertz CT molecular complexity index is 1220.